The topological polar surface area (TPSA) is 93.7 Å². The summed E-state index contributed by atoms with van der Waals surface area (Å²) in [5.41, 5.74) is 0.0930. The zero-order chi connectivity index (χ0) is 18.1. The molecule has 1 aliphatic rings. The molecule has 1 aromatic heterocycles. The van der Waals surface area contributed by atoms with E-state index in [-0.39, 0.29) is 38.1 Å². The van der Waals surface area contributed by atoms with Gasteiger partial charge < -0.3 is 4.42 Å². The first kappa shape index (κ1) is 17.2. The maximum atomic E-state index is 12.1. The normalized spacial score (nSPS) is 16.1. The highest BCUT2D eigenvalue weighted by molar-refractivity contribution is 8.18. The van der Waals surface area contributed by atoms with Crippen molar-refractivity contribution < 1.29 is 18.9 Å². The van der Waals surface area contributed by atoms with Gasteiger partial charge in [0.25, 0.3) is 16.8 Å². The van der Waals surface area contributed by atoms with Crippen molar-refractivity contribution in [3.63, 3.8) is 0 Å². The smallest absolute Gasteiger partial charge is 0.293 e. The molecule has 0 radical (unpaired) electrons. The number of hydrogen-bond donors (Lipinski definition) is 0. The van der Waals surface area contributed by atoms with Crippen LogP contribution in [-0.4, -0.2) is 27.5 Å². The summed E-state index contributed by atoms with van der Waals surface area (Å²) >= 11 is 6.63. The monoisotopic (exact) mass is 378 g/mol. The highest BCUT2D eigenvalue weighted by Crippen LogP contribution is 2.36. The fourth-order valence-corrected chi connectivity index (χ4v) is 3.39. The maximum absolute atomic E-state index is 12.1. The summed E-state index contributed by atoms with van der Waals surface area (Å²) in [5, 5.41) is 11.1. The lowest BCUT2D eigenvalue weighted by molar-refractivity contribution is -0.384. The number of amides is 2. The molecule has 1 saturated heterocycles. The van der Waals surface area contributed by atoms with Gasteiger partial charge in [0.2, 0.25) is 0 Å². The van der Waals surface area contributed by atoms with Gasteiger partial charge in [-0.15, -0.1) is 0 Å². The summed E-state index contributed by atoms with van der Waals surface area (Å²) < 4.78 is 5.60. The number of rotatable bonds is 4. The third kappa shape index (κ3) is 3.31. The van der Waals surface area contributed by atoms with Crippen LogP contribution in [0.15, 0.2) is 39.7 Å². The van der Waals surface area contributed by atoms with Crippen molar-refractivity contribution in [2.75, 3.05) is 6.54 Å². The number of furan rings is 1. The van der Waals surface area contributed by atoms with E-state index in [1.807, 2.05) is 0 Å². The molecule has 1 aromatic carbocycles. The van der Waals surface area contributed by atoms with Crippen LogP contribution in [0.25, 0.3) is 17.4 Å². The van der Waals surface area contributed by atoms with Gasteiger partial charge >= 0.3 is 0 Å². The second-order valence-corrected chi connectivity index (χ2v) is 6.48. The van der Waals surface area contributed by atoms with E-state index in [0.29, 0.717) is 12.3 Å². The fourth-order valence-electron chi connectivity index (χ4n) is 2.34. The summed E-state index contributed by atoms with van der Waals surface area (Å²) in [6, 6.07) is 7.40. The van der Waals surface area contributed by atoms with Gasteiger partial charge in [0.15, 0.2) is 0 Å². The van der Waals surface area contributed by atoms with E-state index in [4.69, 9.17) is 16.0 Å². The molecule has 0 atom stereocenters. The molecule has 0 saturated carbocycles. The number of halogens is 1. The van der Waals surface area contributed by atoms with Crippen LogP contribution in [0.1, 0.15) is 12.7 Å². The Hall–Kier alpha value is -2.58. The SMILES string of the molecule is CCN1C(=O)S/C(=C/c2ccc(-c3ccc(Cl)cc3[N+](=O)[O-])o2)C1=O. The number of benzene rings is 1. The van der Waals surface area contributed by atoms with Crippen LogP contribution in [0.2, 0.25) is 5.02 Å². The van der Waals surface area contributed by atoms with E-state index in [0.717, 1.165) is 16.7 Å². The van der Waals surface area contributed by atoms with Gasteiger partial charge in [-0.3, -0.25) is 24.6 Å². The Morgan fingerprint density at radius 3 is 2.72 bits per heavy atom. The minimum atomic E-state index is -0.546. The van der Waals surface area contributed by atoms with Crippen LogP contribution in [0, 0.1) is 10.1 Å². The van der Waals surface area contributed by atoms with Crippen molar-refractivity contribution in [2.45, 2.75) is 6.92 Å². The largest absolute Gasteiger partial charge is 0.456 e. The van der Waals surface area contributed by atoms with Gasteiger partial charge in [0.1, 0.15) is 11.5 Å². The van der Waals surface area contributed by atoms with Crippen LogP contribution in [0.4, 0.5) is 10.5 Å². The number of nitro groups is 1. The number of likely N-dealkylation sites (N-methyl/N-ethyl adjacent to an activating group) is 1. The number of carbonyl (C=O) groups is 2. The number of thioether (sulfide) groups is 1. The Balaban J connectivity index is 1.95. The molecule has 0 aliphatic carbocycles. The maximum Gasteiger partial charge on any atom is 0.293 e. The molecule has 3 rings (SSSR count). The molecule has 25 heavy (non-hydrogen) atoms. The van der Waals surface area contributed by atoms with Crippen LogP contribution in [0.3, 0.4) is 0 Å². The molecule has 2 aromatic rings. The van der Waals surface area contributed by atoms with Crippen LogP contribution >= 0.6 is 23.4 Å². The van der Waals surface area contributed by atoms with Crippen molar-refractivity contribution in [1.29, 1.82) is 0 Å². The van der Waals surface area contributed by atoms with E-state index in [1.165, 1.54) is 24.3 Å². The second kappa shape index (κ2) is 6.73. The number of imide groups is 1. The second-order valence-electron chi connectivity index (χ2n) is 5.05. The third-order valence-electron chi connectivity index (χ3n) is 3.51. The minimum absolute atomic E-state index is 0.181. The van der Waals surface area contributed by atoms with Gasteiger partial charge in [-0.2, -0.15) is 0 Å². The number of carbonyl (C=O) groups excluding carboxylic acids is 2. The summed E-state index contributed by atoms with van der Waals surface area (Å²) in [7, 11) is 0. The Kier molecular flexibility index (Phi) is 4.65. The van der Waals surface area contributed by atoms with E-state index in [1.54, 1.807) is 19.1 Å². The van der Waals surface area contributed by atoms with Crippen LogP contribution < -0.4 is 0 Å². The highest BCUT2D eigenvalue weighted by Gasteiger charge is 2.34. The lowest BCUT2D eigenvalue weighted by Gasteiger charge is -2.06. The molecular formula is C16H11ClN2O5S. The first-order chi connectivity index (χ1) is 11.9. The Labute approximate surface area is 151 Å². The Bertz CT molecular complexity index is 921. The lowest BCUT2D eigenvalue weighted by Crippen LogP contribution is -2.27. The van der Waals surface area contributed by atoms with E-state index in [2.05, 4.69) is 0 Å². The zero-order valence-corrected chi connectivity index (χ0v) is 14.5. The summed E-state index contributed by atoms with van der Waals surface area (Å²) in [6.07, 6.45) is 1.45. The average molecular weight is 379 g/mol. The number of hydrogen-bond acceptors (Lipinski definition) is 6. The summed E-state index contributed by atoms with van der Waals surface area (Å²) in [5.74, 6) is 0.207. The molecule has 128 valence electrons. The first-order valence-corrected chi connectivity index (χ1v) is 8.39. The molecule has 0 spiro atoms. The summed E-state index contributed by atoms with van der Waals surface area (Å²) in [4.78, 5) is 35.8. The number of nitro benzene ring substituents is 1. The lowest BCUT2D eigenvalue weighted by atomic mass is 10.1. The van der Waals surface area contributed by atoms with Gasteiger partial charge in [0, 0.05) is 23.7 Å². The molecule has 2 amide bonds. The molecule has 0 bridgehead atoms. The van der Waals surface area contributed by atoms with Gasteiger partial charge in [-0.05, 0) is 43.0 Å². The Morgan fingerprint density at radius 2 is 2.08 bits per heavy atom. The first-order valence-electron chi connectivity index (χ1n) is 7.20. The van der Waals surface area contributed by atoms with Gasteiger partial charge in [-0.25, -0.2) is 0 Å². The predicted molar refractivity (Wildman–Crippen MR) is 94.2 cm³/mol. The zero-order valence-electron chi connectivity index (χ0n) is 12.9. The average Bonchev–Trinajstić information content (AvgIpc) is 3.12. The molecule has 9 heteroatoms. The van der Waals surface area contributed by atoms with E-state index >= 15 is 0 Å². The van der Waals surface area contributed by atoms with Crippen molar-refractivity contribution in [3.05, 3.63) is 56.1 Å². The summed E-state index contributed by atoms with van der Waals surface area (Å²) in [6.45, 7) is 2.01. The minimum Gasteiger partial charge on any atom is -0.456 e. The standard InChI is InChI=1S/C16H11ClN2O5S/c1-2-18-15(20)14(25-16(18)21)8-10-4-6-13(24-10)11-5-3-9(17)7-12(11)19(22)23/h3-8H,2H2,1H3/b14-8+. The molecule has 0 unspecified atom stereocenters. The van der Waals surface area contributed by atoms with Gasteiger partial charge in [-0.1, -0.05) is 11.6 Å². The fraction of sp³-hybridized carbons (Fsp3) is 0.125. The van der Waals surface area contributed by atoms with Crippen molar-refractivity contribution in [3.8, 4) is 11.3 Å². The van der Waals surface area contributed by atoms with Crippen LogP contribution in [-0.2, 0) is 4.79 Å². The molecule has 1 fully saturated rings. The predicted octanol–water partition coefficient (Wildman–Crippen LogP) is 4.56. The molecule has 1 aliphatic heterocycles. The van der Waals surface area contributed by atoms with Crippen LogP contribution in [0.5, 0.6) is 0 Å². The molecule has 7 nitrogen and oxygen atoms in total. The number of nitrogens with zero attached hydrogens (tertiary/aromatic N) is 2. The Morgan fingerprint density at radius 1 is 1.32 bits per heavy atom. The van der Waals surface area contributed by atoms with Gasteiger partial charge in [0.05, 0.1) is 15.4 Å². The molecule has 2 heterocycles. The van der Waals surface area contributed by atoms with Crippen molar-refractivity contribution in [2.24, 2.45) is 0 Å². The highest BCUT2D eigenvalue weighted by atomic mass is 35.5. The molecule has 0 N–H and O–H groups in total. The van der Waals surface area contributed by atoms with Crippen molar-refractivity contribution >= 4 is 46.3 Å². The van der Waals surface area contributed by atoms with E-state index in [9.17, 15) is 19.7 Å². The quantitative estimate of drug-likeness (QED) is 0.439. The van der Waals surface area contributed by atoms with E-state index < -0.39 is 4.92 Å². The van der Waals surface area contributed by atoms with Crippen molar-refractivity contribution in [1.82, 2.24) is 4.90 Å². The molecular weight excluding hydrogens is 368 g/mol. The third-order valence-corrected chi connectivity index (χ3v) is 4.65.